The van der Waals surface area contributed by atoms with Crippen molar-refractivity contribution in [1.29, 1.82) is 0 Å². The first-order valence-corrected chi connectivity index (χ1v) is 9.39. The summed E-state index contributed by atoms with van der Waals surface area (Å²) in [6.07, 6.45) is 1.72. The molecule has 132 valence electrons. The van der Waals surface area contributed by atoms with Crippen molar-refractivity contribution in [2.24, 2.45) is 7.05 Å². The van der Waals surface area contributed by atoms with Gasteiger partial charge in [-0.2, -0.15) is 0 Å². The van der Waals surface area contributed by atoms with Crippen LogP contribution in [0.5, 0.6) is 0 Å². The summed E-state index contributed by atoms with van der Waals surface area (Å²) in [6, 6.07) is 1.71. The second kappa shape index (κ2) is 5.31. The highest BCUT2D eigenvalue weighted by atomic mass is 32.2. The van der Waals surface area contributed by atoms with Gasteiger partial charge >= 0.3 is 0 Å². The van der Waals surface area contributed by atoms with Gasteiger partial charge in [0.15, 0.2) is 0 Å². The van der Waals surface area contributed by atoms with E-state index in [1.807, 2.05) is 20.8 Å². The third-order valence-corrected chi connectivity index (χ3v) is 6.88. The Kier molecular flexibility index (Phi) is 3.71. The van der Waals surface area contributed by atoms with Crippen LogP contribution in [0.3, 0.4) is 0 Å². The zero-order valence-electron chi connectivity index (χ0n) is 14.9. The highest BCUT2D eigenvalue weighted by molar-refractivity contribution is 7.95. The van der Waals surface area contributed by atoms with E-state index in [0.29, 0.717) is 22.3 Å². The molecule has 3 rings (SSSR count). The van der Waals surface area contributed by atoms with E-state index in [1.54, 1.807) is 32.2 Å². The fraction of sp³-hybridized carbons (Fsp3) is 0.389. The van der Waals surface area contributed by atoms with Crippen molar-refractivity contribution in [1.82, 2.24) is 9.78 Å². The number of hydrogen-bond acceptors (Lipinski definition) is 4. The third kappa shape index (κ3) is 2.34. The van der Waals surface area contributed by atoms with Gasteiger partial charge in [-0.3, -0.25) is 9.48 Å². The Hall–Kier alpha value is -2.37. The first-order chi connectivity index (χ1) is 11.5. The van der Waals surface area contributed by atoms with Crippen LogP contribution in [0, 0.1) is 13.8 Å². The minimum Gasteiger partial charge on any atom is -0.303 e. The van der Waals surface area contributed by atoms with Gasteiger partial charge in [0.1, 0.15) is 10.8 Å². The van der Waals surface area contributed by atoms with Crippen LogP contribution in [-0.2, 0) is 27.1 Å². The number of aromatic amines is 1. The van der Waals surface area contributed by atoms with Gasteiger partial charge in [0, 0.05) is 19.7 Å². The molecule has 1 aliphatic heterocycles. The summed E-state index contributed by atoms with van der Waals surface area (Å²) < 4.78 is 27.1. The van der Waals surface area contributed by atoms with E-state index in [9.17, 15) is 18.0 Å². The molecule has 1 aromatic heterocycles. The van der Waals surface area contributed by atoms with Gasteiger partial charge < -0.3 is 5.10 Å². The number of allylic oxidation sites excluding steroid dienone is 1. The number of carbonyl (C=O) groups excluding carboxylic acids is 1. The maximum absolute atomic E-state index is 12.8. The SMILES string of the molecule is Cc1cc(-c2c[nH]n(C)c2=O)c(C)c2c1S(=O)(=O)C(=C=O)CC2(C)C. The van der Waals surface area contributed by atoms with Crippen LogP contribution in [0.15, 0.2) is 26.9 Å². The van der Waals surface area contributed by atoms with E-state index < -0.39 is 15.3 Å². The van der Waals surface area contributed by atoms with Crippen LogP contribution in [0.2, 0.25) is 0 Å². The molecule has 1 aliphatic rings. The Morgan fingerprint density at radius 2 is 1.88 bits per heavy atom. The molecule has 0 spiro atoms. The van der Waals surface area contributed by atoms with Crippen molar-refractivity contribution in [3.63, 3.8) is 0 Å². The molecule has 0 amide bonds. The fourth-order valence-electron chi connectivity index (χ4n) is 3.79. The van der Waals surface area contributed by atoms with E-state index in [0.717, 1.165) is 5.56 Å². The quantitative estimate of drug-likeness (QED) is 0.789. The van der Waals surface area contributed by atoms with Gasteiger partial charge in [0.05, 0.1) is 10.5 Å². The molecule has 0 bridgehead atoms. The molecule has 6 nitrogen and oxygen atoms in total. The summed E-state index contributed by atoms with van der Waals surface area (Å²) in [5.74, 6) is 1.62. The maximum Gasteiger partial charge on any atom is 0.274 e. The predicted molar refractivity (Wildman–Crippen MR) is 95.0 cm³/mol. The number of fused-ring (bicyclic) bond motifs is 1. The number of nitrogens with zero attached hydrogens (tertiary/aromatic N) is 1. The van der Waals surface area contributed by atoms with Crippen LogP contribution in [0.4, 0.5) is 0 Å². The molecule has 0 saturated heterocycles. The molecule has 0 radical (unpaired) electrons. The van der Waals surface area contributed by atoms with Crippen molar-refractivity contribution in [3.05, 3.63) is 44.2 Å². The van der Waals surface area contributed by atoms with Crippen LogP contribution >= 0.6 is 0 Å². The number of sulfone groups is 1. The Bertz CT molecular complexity index is 1110. The second-order valence-electron chi connectivity index (χ2n) is 7.21. The van der Waals surface area contributed by atoms with Gasteiger partial charge in [-0.1, -0.05) is 13.8 Å². The fourth-order valence-corrected chi connectivity index (χ4v) is 5.88. The van der Waals surface area contributed by atoms with Gasteiger partial charge in [0.25, 0.3) is 5.56 Å². The summed E-state index contributed by atoms with van der Waals surface area (Å²) >= 11 is 0. The summed E-state index contributed by atoms with van der Waals surface area (Å²) in [4.78, 5) is 23.5. The lowest BCUT2D eigenvalue weighted by atomic mass is 9.76. The molecule has 0 atom stereocenters. The summed E-state index contributed by atoms with van der Waals surface area (Å²) in [6.45, 7) is 7.33. The number of nitrogens with one attached hydrogen (secondary N) is 1. The Balaban J connectivity index is 2.48. The van der Waals surface area contributed by atoms with Gasteiger partial charge in [-0.05, 0) is 47.6 Å². The Morgan fingerprint density at radius 3 is 2.40 bits per heavy atom. The molecule has 1 N–H and O–H groups in total. The molecule has 0 fully saturated rings. The van der Waals surface area contributed by atoms with Crippen LogP contribution < -0.4 is 5.56 Å². The number of rotatable bonds is 1. The zero-order chi connectivity index (χ0) is 18.7. The number of aromatic nitrogens is 2. The molecule has 0 unspecified atom stereocenters. The molecular formula is C18H20N2O4S. The summed E-state index contributed by atoms with van der Waals surface area (Å²) in [5, 5.41) is 2.85. The monoisotopic (exact) mass is 360 g/mol. The highest BCUT2D eigenvalue weighted by Crippen LogP contribution is 2.47. The highest BCUT2D eigenvalue weighted by Gasteiger charge is 2.43. The lowest BCUT2D eigenvalue weighted by molar-refractivity contribution is 0.489. The molecular weight excluding hydrogens is 340 g/mol. The third-order valence-electron chi connectivity index (χ3n) is 4.94. The minimum absolute atomic E-state index is 0.0979. The standard InChI is InChI=1S/C18H20N2O4S/c1-10-6-13(14-8-19-20(5)17(14)22)11(2)15-16(10)25(23,24)12(9-21)7-18(15,3)4/h6,8,19H,7H2,1-5H3. The molecule has 1 aromatic carbocycles. The molecule has 7 heteroatoms. The second-order valence-corrected chi connectivity index (χ2v) is 9.12. The summed E-state index contributed by atoms with van der Waals surface area (Å²) in [7, 11) is -2.23. The smallest absolute Gasteiger partial charge is 0.274 e. The van der Waals surface area contributed by atoms with Crippen LogP contribution in [0.25, 0.3) is 11.1 Å². The number of H-pyrrole nitrogens is 1. The van der Waals surface area contributed by atoms with Crippen LogP contribution in [0.1, 0.15) is 37.0 Å². The molecule has 2 aromatic rings. The molecule has 25 heavy (non-hydrogen) atoms. The lowest BCUT2D eigenvalue weighted by Crippen LogP contribution is -2.31. The van der Waals surface area contributed by atoms with E-state index in [4.69, 9.17) is 0 Å². The van der Waals surface area contributed by atoms with E-state index in [-0.39, 0.29) is 21.8 Å². The topological polar surface area (TPSA) is 89.0 Å². The lowest BCUT2D eigenvalue weighted by Gasteiger charge is -2.35. The molecule has 0 aliphatic carbocycles. The minimum atomic E-state index is -3.86. The van der Waals surface area contributed by atoms with Gasteiger partial charge in [-0.25, -0.2) is 13.2 Å². The van der Waals surface area contributed by atoms with Crippen molar-refractivity contribution < 1.29 is 13.2 Å². The zero-order valence-corrected chi connectivity index (χ0v) is 15.7. The predicted octanol–water partition coefficient (Wildman–Crippen LogP) is 2.17. The van der Waals surface area contributed by atoms with Gasteiger partial charge in [-0.15, -0.1) is 0 Å². The average Bonchev–Trinajstić information content (AvgIpc) is 2.84. The largest absolute Gasteiger partial charge is 0.303 e. The molecule has 0 saturated carbocycles. The normalized spacial score (nSPS) is 17.9. The molecule has 2 heterocycles. The van der Waals surface area contributed by atoms with Crippen molar-refractivity contribution >= 4 is 15.8 Å². The first-order valence-electron chi connectivity index (χ1n) is 7.91. The van der Waals surface area contributed by atoms with Crippen molar-refractivity contribution in [2.75, 3.05) is 0 Å². The van der Waals surface area contributed by atoms with Crippen molar-refractivity contribution in [3.8, 4) is 11.1 Å². The van der Waals surface area contributed by atoms with Gasteiger partial charge in [0.2, 0.25) is 9.84 Å². The van der Waals surface area contributed by atoms with E-state index in [1.165, 1.54) is 4.68 Å². The van der Waals surface area contributed by atoms with E-state index >= 15 is 0 Å². The first kappa shape index (κ1) is 17.5. The Labute approximate surface area is 146 Å². The van der Waals surface area contributed by atoms with Crippen LogP contribution in [-0.4, -0.2) is 24.1 Å². The summed E-state index contributed by atoms with van der Waals surface area (Å²) in [5.41, 5.74) is 2.42. The Morgan fingerprint density at radius 1 is 1.24 bits per heavy atom. The number of benzene rings is 1. The van der Waals surface area contributed by atoms with E-state index in [2.05, 4.69) is 5.10 Å². The maximum atomic E-state index is 12.8. The van der Waals surface area contributed by atoms with Crippen molar-refractivity contribution in [2.45, 2.75) is 44.4 Å². The number of hydrogen-bond donors (Lipinski definition) is 1. The average molecular weight is 360 g/mol. The number of aryl methyl sites for hydroxylation is 2.